The smallest absolute Gasteiger partial charge is 0.161 e. The average molecular weight is 297 g/mol. The van der Waals surface area contributed by atoms with Crippen molar-refractivity contribution in [2.75, 3.05) is 6.54 Å². The molecule has 0 fully saturated rings. The van der Waals surface area contributed by atoms with E-state index in [4.69, 9.17) is 0 Å². The first-order chi connectivity index (χ1) is 10.0. The van der Waals surface area contributed by atoms with Crippen LogP contribution in [0.5, 0.6) is 0 Å². The maximum atomic E-state index is 13.9. The van der Waals surface area contributed by atoms with Gasteiger partial charge in [0.15, 0.2) is 11.6 Å². The fraction of sp³-hybridized carbons (Fsp3) is 0.250. The summed E-state index contributed by atoms with van der Waals surface area (Å²) in [5.74, 6) is -3.47. The van der Waals surface area contributed by atoms with Gasteiger partial charge in [-0.3, -0.25) is 0 Å². The third-order valence-electron chi connectivity index (χ3n) is 3.22. The summed E-state index contributed by atoms with van der Waals surface area (Å²) in [6, 6.07) is 6.66. The Balaban J connectivity index is 2.30. The number of nitrogens with one attached hydrogen (secondary N) is 1. The summed E-state index contributed by atoms with van der Waals surface area (Å²) in [5, 5.41) is 3.03. The van der Waals surface area contributed by atoms with Crippen LogP contribution >= 0.6 is 0 Å². The summed E-state index contributed by atoms with van der Waals surface area (Å²) in [5.41, 5.74) is 0.826. The monoisotopic (exact) mass is 297 g/mol. The van der Waals surface area contributed by atoms with Gasteiger partial charge in [-0.2, -0.15) is 0 Å². The zero-order chi connectivity index (χ0) is 15.4. The highest BCUT2D eigenvalue weighted by Crippen LogP contribution is 2.24. The predicted octanol–water partition coefficient (Wildman–Crippen LogP) is 4.14. The highest BCUT2D eigenvalue weighted by molar-refractivity contribution is 5.26. The Hall–Kier alpha value is -1.88. The maximum absolute atomic E-state index is 13.9. The Kier molecular flexibility index (Phi) is 4.96. The molecule has 0 radical (unpaired) electrons. The molecule has 1 unspecified atom stereocenters. The van der Waals surface area contributed by atoms with Crippen LogP contribution in [-0.4, -0.2) is 6.54 Å². The van der Waals surface area contributed by atoms with Crippen molar-refractivity contribution in [2.24, 2.45) is 0 Å². The van der Waals surface area contributed by atoms with Crippen LogP contribution in [0.2, 0.25) is 0 Å². The summed E-state index contributed by atoms with van der Waals surface area (Å²) >= 11 is 0. The zero-order valence-corrected chi connectivity index (χ0v) is 11.5. The van der Waals surface area contributed by atoms with E-state index in [2.05, 4.69) is 5.32 Å². The maximum Gasteiger partial charge on any atom is 0.161 e. The van der Waals surface area contributed by atoms with Crippen molar-refractivity contribution in [3.8, 4) is 0 Å². The lowest BCUT2D eigenvalue weighted by atomic mass is 9.98. The summed E-state index contributed by atoms with van der Waals surface area (Å²) < 4.78 is 53.1. The Morgan fingerprint density at radius 3 is 2.14 bits per heavy atom. The van der Waals surface area contributed by atoms with E-state index in [1.54, 1.807) is 12.1 Å². The Labute approximate surface area is 120 Å². The Morgan fingerprint density at radius 2 is 1.52 bits per heavy atom. The van der Waals surface area contributed by atoms with Crippen molar-refractivity contribution in [2.45, 2.75) is 19.4 Å². The number of rotatable bonds is 5. The van der Waals surface area contributed by atoms with E-state index >= 15 is 0 Å². The van der Waals surface area contributed by atoms with Gasteiger partial charge in [-0.05, 0) is 36.7 Å². The Bertz CT molecular complexity index is 610. The molecule has 0 heterocycles. The second-order valence-electron chi connectivity index (χ2n) is 4.73. The van der Waals surface area contributed by atoms with E-state index in [0.717, 1.165) is 11.6 Å². The minimum Gasteiger partial charge on any atom is -0.310 e. The van der Waals surface area contributed by atoms with E-state index in [1.807, 2.05) is 6.92 Å². The fourth-order valence-corrected chi connectivity index (χ4v) is 2.20. The van der Waals surface area contributed by atoms with E-state index in [0.29, 0.717) is 19.0 Å². The molecule has 0 aliphatic rings. The molecule has 5 heteroatoms. The molecule has 0 aliphatic heterocycles. The van der Waals surface area contributed by atoms with Crippen LogP contribution in [0.15, 0.2) is 36.4 Å². The number of halogens is 4. The van der Waals surface area contributed by atoms with Crippen LogP contribution in [0.1, 0.15) is 24.1 Å². The second-order valence-corrected chi connectivity index (χ2v) is 4.73. The summed E-state index contributed by atoms with van der Waals surface area (Å²) in [6.07, 6.45) is 0.343. The first-order valence-corrected chi connectivity index (χ1v) is 6.63. The van der Waals surface area contributed by atoms with Crippen molar-refractivity contribution in [3.05, 3.63) is 70.8 Å². The number of benzene rings is 2. The molecule has 0 amide bonds. The van der Waals surface area contributed by atoms with Crippen LogP contribution in [0.25, 0.3) is 0 Å². The van der Waals surface area contributed by atoms with Crippen molar-refractivity contribution >= 4 is 0 Å². The molecule has 2 rings (SSSR count). The summed E-state index contributed by atoms with van der Waals surface area (Å²) in [4.78, 5) is 0. The molecule has 0 saturated carbocycles. The lowest BCUT2D eigenvalue weighted by molar-refractivity contribution is 0.467. The molecule has 0 saturated heterocycles. The molecule has 2 aromatic rings. The highest BCUT2D eigenvalue weighted by atomic mass is 19.2. The van der Waals surface area contributed by atoms with Crippen LogP contribution in [0.4, 0.5) is 17.6 Å². The second kappa shape index (κ2) is 6.72. The third-order valence-corrected chi connectivity index (χ3v) is 3.22. The van der Waals surface area contributed by atoms with Gasteiger partial charge in [0.1, 0.15) is 11.6 Å². The van der Waals surface area contributed by atoms with Crippen LogP contribution in [0, 0.1) is 23.3 Å². The fourth-order valence-electron chi connectivity index (χ4n) is 2.20. The SMILES string of the molecule is CCNC(Cc1ccc(F)cc1)c1cc(F)c(F)cc1F. The van der Waals surface area contributed by atoms with E-state index in [1.165, 1.54) is 12.1 Å². The Morgan fingerprint density at radius 1 is 0.905 bits per heavy atom. The third kappa shape index (κ3) is 3.82. The zero-order valence-electron chi connectivity index (χ0n) is 11.5. The minimum atomic E-state index is -1.21. The molecule has 112 valence electrons. The molecule has 0 bridgehead atoms. The van der Waals surface area contributed by atoms with Crippen molar-refractivity contribution in [1.29, 1.82) is 0 Å². The minimum absolute atomic E-state index is 0.0556. The molecule has 2 aromatic carbocycles. The summed E-state index contributed by atoms with van der Waals surface area (Å²) in [6.45, 7) is 2.36. The molecule has 0 aliphatic carbocycles. The van der Waals surface area contributed by atoms with Gasteiger partial charge in [-0.25, -0.2) is 17.6 Å². The lowest BCUT2D eigenvalue weighted by Crippen LogP contribution is -2.24. The first-order valence-electron chi connectivity index (χ1n) is 6.63. The van der Waals surface area contributed by atoms with Crippen LogP contribution < -0.4 is 5.32 Å². The predicted molar refractivity (Wildman–Crippen MR) is 72.8 cm³/mol. The molecular formula is C16H15F4N. The van der Waals surface area contributed by atoms with Crippen LogP contribution in [-0.2, 0) is 6.42 Å². The number of hydrogen-bond donors (Lipinski definition) is 1. The molecule has 1 N–H and O–H groups in total. The largest absolute Gasteiger partial charge is 0.310 e. The molecule has 21 heavy (non-hydrogen) atoms. The highest BCUT2D eigenvalue weighted by Gasteiger charge is 2.18. The van der Waals surface area contributed by atoms with Gasteiger partial charge in [-0.1, -0.05) is 19.1 Å². The van der Waals surface area contributed by atoms with Gasteiger partial charge >= 0.3 is 0 Å². The van der Waals surface area contributed by atoms with Crippen LogP contribution in [0.3, 0.4) is 0 Å². The van der Waals surface area contributed by atoms with Gasteiger partial charge in [-0.15, -0.1) is 0 Å². The molecular weight excluding hydrogens is 282 g/mol. The van der Waals surface area contributed by atoms with E-state index in [-0.39, 0.29) is 11.4 Å². The first kappa shape index (κ1) is 15.5. The van der Waals surface area contributed by atoms with Gasteiger partial charge < -0.3 is 5.32 Å². The van der Waals surface area contributed by atoms with Crippen molar-refractivity contribution in [1.82, 2.24) is 5.32 Å². The molecule has 1 nitrogen and oxygen atoms in total. The van der Waals surface area contributed by atoms with Gasteiger partial charge in [0, 0.05) is 17.7 Å². The van der Waals surface area contributed by atoms with E-state index in [9.17, 15) is 17.6 Å². The topological polar surface area (TPSA) is 12.0 Å². The standard InChI is InChI=1S/C16H15F4N/c1-2-21-16(7-10-3-5-11(17)6-4-10)12-8-14(19)15(20)9-13(12)18/h3-6,8-9,16,21H,2,7H2,1H3. The van der Waals surface area contributed by atoms with Crippen molar-refractivity contribution < 1.29 is 17.6 Å². The number of likely N-dealkylation sites (N-methyl/N-ethyl adjacent to an activating group) is 1. The van der Waals surface area contributed by atoms with Crippen molar-refractivity contribution in [3.63, 3.8) is 0 Å². The average Bonchev–Trinajstić information content (AvgIpc) is 2.45. The van der Waals surface area contributed by atoms with Gasteiger partial charge in [0.25, 0.3) is 0 Å². The van der Waals surface area contributed by atoms with Gasteiger partial charge in [0.05, 0.1) is 0 Å². The number of hydrogen-bond acceptors (Lipinski definition) is 1. The molecule has 0 aromatic heterocycles. The molecule has 1 atom stereocenters. The van der Waals surface area contributed by atoms with Gasteiger partial charge in [0.2, 0.25) is 0 Å². The lowest BCUT2D eigenvalue weighted by Gasteiger charge is -2.19. The normalized spacial score (nSPS) is 12.4. The quantitative estimate of drug-likeness (QED) is 0.646. The summed E-state index contributed by atoms with van der Waals surface area (Å²) in [7, 11) is 0. The molecule has 0 spiro atoms. The van der Waals surface area contributed by atoms with E-state index < -0.39 is 23.5 Å².